The topological polar surface area (TPSA) is 105 Å². The molecule has 0 heterocycles. The molecule has 0 saturated heterocycles. The monoisotopic (exact) mass is 272 g/mol. The van der Waals surface area contributed by atoms with Gasteiger partial charge >= 0.3 is 5.97 Å². The SMILES string of the molecule is COC(C)OC(C)OC(=O)c1cc(O)c(O)c(O)c1. The number of rotatable bonds is 5. The molecule has 1 aromatic carbocycles. The molecule has 0 saturated carbocycles. The molecule has 0 aromatic heterocycles. The normalized spacial score (nSPS) is 13.8. The number of carbonyl (C=O) groups excluding carboxylic acids is 1. The Morgan fingerprint density at radius 3 is 2.11 bits per heavy atom. The number of aromatic hydroxyl groups is 3. The van der Waals surface area contributed by atoms with Crippen LogP contribution in [0.3, 0.4) is 0 Å². The molecule has 0 fully saturated rings. The van der Waals surface area contributed by atoms with E-state index in [0.717, 1.165) is 12.1 Å². The van der Waals surface area contributed by atoms with Crippen molar-refractivity contribution >= 4 is 5.97 Å². The Morgan fingerprint density at radius 2 is 1.63 bits per heavy atom. The van der Waals surface area contributed by atoms with E-state index in [1.807, 2.05) is 0 Å². The summed E-state index contributed by atoms with van der Waals surface area (Å²) < 4.78 is 14.9. The summed E-state index contributed by atoms with van der Waals surface area (Å²) in [6.07, 6.45) is -1.43. The van der Waals surface area contributed by atoms with Gasteiger partial charge in [0.25, 0.3) is 0 Å². The summed E-state index contributed by atoms with van der Waals surface area (Å²) in [5.74, 6) is -2.76. The molecule has 3 N–H and O–H groups in total. The lowest BCUT2D eigenvalue weighted by atomic mass is 10.2. The highest BCUT2D eigenvalue weighted by atomic mass is 16.8. The average Bonchev–Trinajstić information content (AvgIpc) is 2.34. The van der Waals surface area contributed by atoms with Crippen molar-refractivity contribution < 1.29 is 34.3 Å². The number of hydrogen-bond acceptors (Lipinski definition) is 7. The first-order chi connectivity index (χ1) is 8.85. The van der Waals surface area contributed by atoms with Gasteiger partial charge < -0.3 is 29.5 Å². The Morgan fingerprint density at radius 1 is 1.11 bits per heavy atom. The minimum atomic E-state index is -0.875. The largest absolute Gasteiger partial charge is 0.504 e. The first kappa shape index (κ1) is 15.1. The van der Waals surface area contributed by atoms with E-state index in [-0.39, 0.29) is 5.56 Å². The number of methoxy groups -OCH3 is 1. The number of benzene rings is 1. The van der Waals surface area contributed by atoms with Crippen LogP contribution in [0, 0.1) is 0 Å². The minimum Gasteiger partial charge on any atom is -0.504 e. The van der Waals surface area contributed by atoms with Crippen molar-refractivity contribution in [1.29, 1.82) is 0 Å². The molecule has 0 bridgehead atoms. The summed E-state index contributed by atoms with van der Waals surface area (Å²) in [6.45, 7) is 3.12. The van der Waals surface area contributed by atoms with Crippen LogP contribution in [-0.4, -0.2) is 41.0 Å². The fraction of sp³-hybridized carbons (Fsp3) is 0.417. The van der Waals surface area contributed by atoms with Gasteiger partial charge in [0.05, 0.1) is 5.56 Å². The molecule has 7 heteroatoms. The van der Waals surface area contributed by atoms with Gasteiger partial charge in [-0.3, -0.25) is 0 Å². The molecule has 2 atom stereocenters. The van der Waals surface area contributed by atoms with E-state index < -0.39 is 35.8 Å². The zero-order valence-electron chi connectivity index (χ0n) is 10.8. The Kier molecular flexibility index (Phi) is 4.96. The predicted molar refractivity (Wildman–Crippen MR) is 63.9 cm³/mol. The quantitative estimate of drug-likeness (QED) is 0.421. The summed E-state index contributed by atoms with van der Waals surface area (Å²) in [4.78, 5) is 11.7. The standard InChI is InChI=1S/C12H16O7/c1-6(17-3)18-7(2)19-12(16)8-4-9(13)11(15)10(14)5-8/h4-7,13-15H,1-3H3. The van der Waals surface area contributed by atoms with Gasteiger partial charge in [0, 0.05) is 7.11 Å². The molecule has 106 valence electrons. The zero-order chi connectivity index (χ0) is 14.6. The van der Waals surface area contributed by atoms with Crippen LogP contribution in [0.15, 0.2) is 12.1 Å². The van der Waals surface area contributed by atoms with E-state index in [9.17, 15) is 15.0 Å². The van der Waals surface area contributed by atoms with Gasteiger partial charge in [-0.2, -0.15) is 0 Å². The fourth-order valence-electron chi connectivity index (χ4n) is 1.29. The number of ether oxygens (including phenoxy) is 3. The van der Waals surface area contributed by atoms with Crippen LogP contribution in [0.1, 0.15) is 24.2 Å². The Bertz CT molecular complexity index is 434. The van der Waals surface area contributed by atoms with Crippen LogP contribution in [0.5, 0.6) is 17.2 Å². The number of esters is 1. The maximum atomic E-state index is 11.7. The molecule has 0 aliphatic rings. The van der Waals surface area contributed by atoms with Crippen molar-refractivity contribution in [2.45, 2.75) is 26.4 Å². The molecule has 0 amide bonds. The van der Waals surface area contributed by atoms with Gasteiger partial charge in [0.1, 0.15) is 0 Å². The molecule has 1 aromatic rings. The lowest BCUT2D eigenvalue weighted by Crippen LogP contribution is -2.24. The maximum Gasteiger partial charge on any atom is 0.340 e. The van der Waals surface area contributed by atoms with E-state index in [1.165, 1.54) is 14.0 Å². The molecule has 0 aliphatic carbocycles. The predicted octanol–water partition coefficient (Wildman–Crippen LogP) is 1.32. The smallest absolute Gasteiger partial charge is 0.340 e. The van der Waals surface area contributed by atoms with Crippen molar-refractivity contribution in [3.05, 3.63) is 17.7 Å². The minimum absolute atomic E-state index is 0.117. The highest BCUT2D eigenvalue weighted by Gasteiger charge is 2.18. The van der Waals surface area contributed by atoms with Gasteiger partial charge in [0.15, 0.2) is 23.5 Å². The van der Waals surface area contributed by atoms with Gasteiger partial charge in [-0.25, -0.2) is 4.79 Å². The summed E-state index contributed by atoms with van der Waals surface area (Å²) in [6, 6.07) is 1.95. The number of carbonyl (C=O) groups is 1. The van der Waals surface area contributed by atoms with E-state index in [1.54, 1.807) is 6.92 Å². The van der Waals surface area contributed by atoms with Crippen LogP contribution in [0.4, 0.5) is 0 Å². The first-order valence-corrected chi connectivity index (χ1v) is 5.49. The van der Waals surface area contributed by atoms with Crippen molar-refractivity contribution in [1.82, 2.24) is 0 Å². The Balaban J connectivity index is 2.73. The van der Waals surface area contributed by atoms with Crippen LogP contribution >= 0.6 is 0 Å². The molecule has 7 nitrogen and oxygen atoms in total. The molecule has 2 unspecified atom stereocenters. The van der Waals surface area contributed by atoms with Crippen molar-refractivity contribution in [3.8, 4) is 17.2 Å². The second kappa shape index (κ2) is 6.26. The lowest BCUT2D eigenvalue weighted by Gasteiger charge is -2.18. The molecule has 1 rings (SSSR count). The number of phenolic OH excluding ortho intramolecular Hbond substituents is 3. The van der Waals surface area contributed by atoms with Crippen molar-refractivity contribution in [2.75, 3.05) is 7.11 Å². The van der Waals surface area contributed by atoms with Gasteiger partial charge in [0.2, 0.25) is 6.29 Å². The molecule has 0 aliphatic heterocycles. The maximum absolute atomic E-state index is 11.7. The summed E-state index contributed by atoms with van der Waals surface area (Å²) in [5.41, 5.74) is -0.117. The fourth-order valence-corrected chi connectivity index (χ4v) is 1.29. The van der Waals surface area contributed by atoms with Gasteiger partial charge in [-0.1, -0.05) is 0 Å². The molecular weight excluding hydrogens is 256 g/mol. The van der Waals surface area contributed by atoms with Crippen molar-refractivity contribution in [3.63, 3.8) is 0 Å². The Labute approximate surface area is 110 Å². The highest BCUT2D eigenvalue weighted by molar-refractivity contribution is 5.91. The van der Waals surface area contributed by atoms with Gasteiger partial charge in [-0.15, -0.1) is 0 Å². The zero-order valence-corrected chi connectivity index (χ0v) is 10.8. The first-order valence-electron chi connectivity index (χ1n) is 5.49. The van der Waals surface area contributed by atoms with Crippen molar-refractivity contribution in [2.24, 2.45) is 0 Å². The Hall–Kier alpha value is -1.99. The third-order valence-corrected chi connectivity index (χ3v) is 2.29. The summed E-state index contributed by atoms with van der Waals surface area (Å²) in [7, 11) is 1.44. The highest BCUT2D eigenvalue weighted by Crippen LogP contribution is 2.35. The van der Waals surface area contributed by atoms with E-state index in [0.29, 0.717) is 0 Å². The number of hydrogen-bond donors (Lipinski definition) is 3. The van der Waals surface area contributed by atoms with Gasteiger partial charge in [-0.05, 0) is 26.0 Å². The van der Waals surface area contributed by atoms with Crippen LogP contribution in [0.25, 0.3) is 0 Å². The summed E-state index contributed by atoms with van der Waals surface area (Å²) >= 11 is 0. The van der Waals surface area contributed by atoms with Crippen LogP contribution in [-0.2, 0) is 14.2 Å². The third-order valence-electron chi connectivity index (χ3n) is 2.29. The summed E-state index contributed by atoms with van der Waals surface area (Å²) in [5, 5.41) is 27.7. The van der Waals surface area contributed by atoms with E-state index in [2.05, 4.69) is 0 Å². The molecule has 19 heavy (non-hydrogen) atoms. The van der Waals surface area contributed by atoms with E-state index in [4.69, 9.17) is 19.3 Å². The lowest BCUT2D eigenvalue weighted by molar-refractivity contribution is -0.203. The third kappa shape index (κ3) is 4.01. The molecular formula is C12H16O7. The van der Waals surface area contributed by atoms with Crippen LogP contribution in [0.2, 0.25) is 0 Å². The second-order valence-corrected chi connectivity index (χ2v) is 3.78. The second-order valence-electron chi connectivity index (χ2n) is 3.78. The number of phenols is 3. The molecule has 0 radical (unpaired) electrons. The van der Waals surface area contributed by atoms with Crippen LogP contribution < -0.4 is 0 Å². The average molecular weight is 272 g/mol. The van der Waals surface area contributed by atoms with E-state index >= 15 is 0 Å². The molecule has 0 spiro atoms.